The lowest BCUT2D eigenvalue weighted by molar-refractivity contribution is 0.102. The van der Waals surface area contributed by atoms with Gasteiger partial charge in [-0.2, -0.15) is 13.8 Å². The first-order valence-electron chi connectivity index (χ1n) is 4.95. The van der Waals surface area contributed by atoms with Gasteiger partial charge in [-0.1, -0.05) is 15.9 Å². The molecule has 0 saturated heterocycles. The van der Waals surface area contributed by atoms with Gasteiger partial charge in [0.25, 0.3) is 5.91 Å². The molecule has 2 aromatic rings. The van der Waals surface area contributed by atoms with Crippen LogP contribution in [0.25, 0.3) is 0 Å². The van der Waals surface area contributed by atoms with Gasteiger partial charge in [0.05, 0.1) is 5.69 Å². The molecule has 0 aliphatic carbocycles. The number of hydrogen-bond acceptors (Lipinski definition) is 2. The van der Waals surface area contributed by atoms with Gasteiger partial charge in [-0.05, 0) is 36.4 Å². The van der Waals surface area contributed by atoms with Crippen LogP contribution in [0.15, 0.2) is 40.9 Å². The average molecular weight is 313 g/mol. The predicted molar refractivity (Wildman–Crippen MR) is 66.2 cm³/mol. The van der Waals surface area contributed by atoms with Gasteiger partial charge in [0, 0.05) is 10.0 Å². The number of hydrogen-bond donors (Lipinski definition) is 1. The number of rotatable bonds is 2. The van der Waals surface area contributed by atoms with Gasteiger partial charge in [0.1, 0.15) is 0 Å². The Morgan fingerprint density at radius 2 is 1.78 bits per heavy atom. The van der Waals surface area contributed by atoms with Crippen molar-refractivity contribution in [2.45, 2.75) is 0 Å². The predicted octanol–water partition coefficient (Wildman–Crippen LogP) is 3.37. The van der Waals surface area contributed by atoms with E-state index in [1.165, 1.54) is 0 Å². The fourth-order valence-electron chi connectivity index (χ4n) is 1.30. The molecule has 0 fully saturated rings. The van der Waals surface area contributed by atoms with Crippen molar-refractivity contribution in [1.82, 2.24) is 4.98 Å². The second-order valence-electron chi connectivity index (χ2n) is 3.43. The quantitative estimate of drug-likeness (QED) is 0.864. The summed E-state index contributed by atoms with van der Waals surface area (Å²) in [7, 11) is 0. The van der Waals surface area contributed by atoms with E-state index in [1.54, 1.807) is 24.3 Å². The van der Waals surface area contributed by atoms with Crippen molar-refractivity contribution < 1.29 is 13.6 Å². The highest BCUT2D eigenvalue weighted by molar-refractivity contribution is 9.10. The molecule has 1 heterocycles. The summed E-state index contributed by atoms with van der Waals surface area (Å²) >= 11 is 3.24. The Morgan fingerprint density at radius 3 is 2.39 bits per heavy atom. The summed E-state index contributed by atoms with van der Waals surface area (Å²) in [4.78, 5) is 14.7. The summed E-state index contributed by atoms with van der Waals surface area (Å²) in [6, 6.07) is 8.62. The van der Waals surface area contributed by atoms with Crippen molar-refractivity contribution in [3.05, 3.63) is 58.3 Å². The summed E-state index contributed by atoms with van der Waals surface area (Å²) in [6.07, 6.45) is 0. The van der Waals surface area contributed by atoms with Crippen LogP contribution >= 0.6 is 15.9 Å². The normalized spacial score (nSPS) is 10.2. The van der Waals surface area contributed by atoms with Crippen LogP contribution in [0.1, 0.15) is 10.4 Å². The van der Waals surface area contributed by atoms with E-state index in [0.29, 0.717) is 5.56 Å². The Balaban J connectivity index is 2.18. The minimum absolute atomic E-state index is 0.163. The van der Waals surface area contributed by atoms with E-state index in [4.69, 9.17) is 0 Å². The fourth-order valence-corrected chi connectivity index (χ4v) is 1.57. The largest absolute Gasteiger partial charge is 0.318 e. The van der Waals surface area contributed by atoms with Crippen molar-refractivity contribution in [1.29, 1.82) is 0 Å². The molecular formula is C12H7BrF2N2O. The van der Waals surface area contributed by atoms with Crippen LogP contribution in [0.4, 0.5) is 14.5 Å². The lowest BCUT2D eigenvalue weighted by atomic mass is 10.2. The Morgan fingerprint density at radius 1 is 1.11 bits per heavy atom. The molecule has 1 amide bonds. The minimum Gasteiger partial charge on any atom is -0.318 e. The number of pyridine rings is 1. The molecule has 0 bridgehead atoms. The molecular weight excluding hydrogens is 306 g/mol. The summed E-state index contributed by atoms with van der Waals surface area (Å²) in [5.41, 5.74) is 0.200. The first kappa shape index (κ1) is 12.6. The van der Waals surface area contributed by atoms with E-state index in [-0.39, 0.29) is 5.69 Å². The molecule has 0 unspecified atom stereocenters. The van der Waals surface area contributed by atoms with Crippen molar-refractivity contribution in [2.75, 3.05) is 5.32 Å². The van der Waals surface area contributed by atoms with Gasteiger partial charge in [-0.15, -0.1) is 0 Å². The average Bonchev–Trinajstić information content (AvgIpc) is 2.33. The van der Waals surface area contributed by atoms with Crippen LogP contribution in [0.3, 0.4) is 0 Å². The highest BCUT2D eigenvalue weighted by atomic mass is 79.9. The zero-order valence-corrected chi connectivity index (χ0v) is 10.5. The van der Waals surface area contributed by atoms with E-state index >= 15 is 0 Å². The fraction of sp³-hybridized carbons (Fsp3) is 0. The molecule has 1 aromatic heterocycles. The number of benzene rings is 1. The second-order valence-corrected chi connectivity index (χ2v) is 4.35. The Kier molecular flexibility index (Phi) is 3.66. The van der Waals surface area contributed by atoms with Crippen LogP contribution in [0.5, 0.6) is 0 Å². The van der Waals surface area contributed by atoms with Crippen molar-refractivity contribution in [3.63, 3.8) is 0 Å². The second kappa shape index (κ2) is 5.22. The first-order valence-corrected chi connectivity index (χ1v) is 5.74. The summed E-state index contributed by atoms with van der Waals surface area (Å²) in [5.74, 6) is -2.48. The molecule has 0 aliphatic rings. The molecule has 18 heavy (non-hydrogen) atoms. The van der Waals surface area contributed by atoms with Crippen molar-refractivity contribution in [2.24, 2.45) is 0 Å². The number of carbonyl (C=O) groups is 1. The molecule has 0 spiro atoms. The monoisotopic (exact) mass is 312 g/mol. The Labute approximate surface area is 110 Å². The Hall–Kier alpha value is -1.82. The van der Waals surface area contributed by atoms with E-state index in [1.807, 2.05) is 0 Å². The van der Waals surface area contributed by atoms with Gasteiger partial charge in [-0.25, -0.2) is 0 Å². The zero-order chi connectivity index (χ0) is 13.1. The van der Waals surface area contributed by atoms with Gasteiger partial charge in [0.15, 0.2) is 0 Å². The van der Waals surface area contributed by atoms with Crippen LogP contribution < -0.4 is 5.32 Å². The molecule has 2 rings (SSSR count). The maximum Gasteiger partial charge on any atom is 0.255 e. The first-order chi connectivity index (χ1) is 8.56. The third-order valence-corrected chi connectivity index (χ3v) is 2.70. The number of aromatic nitrogens is 1. The van der Waals surface area contributed by atoms with E-state index in [9.17, 15) is 13.6 Å². The molecule has 92 valence electrons. The number of carbonyl (C=O) groups excluding carboxylic acids is 1. The lowest BCUT2D eigenvalue weighted by Crippen LogP contribution is -2.13. The van der Waals surface area contributed by atoms with E-state index in [0.717, 1.165) is 16.6 Å². The molecule has 3 nitrogen and oxygen atoms in total. The smallest absolute Gasteiger partial charge is 0.255 e. The van der Waals surface area contributed by atoms with Crippen LogP contribution in [-0.4, -0.2) is 10.9 Å². The molecule has 0 radical (unpaired) electrons. The van der Waals surface area contributed by atoms with E-state index < -0.39 is 17.8 Å². The van der Waals surface area contributed by atoms with E-state index in [2.05, 4.69) is 26.2 Å². The highest BCUT2D eigenvalue weighted by Crippen LogP contribution is 2.15. The zero-order valence-electron chi connectivity index (χ0n) is 8.95. The molecule has 1 N–H and O–H groups in total. The SMILES string of the molecule is O=C(Nc1ccc(F)nc1F)c1ccc(Br)cc1. The maximum atomic E-state index is 13.2. The number of nitrogens with one attached hydrogen (secondary N) is 1. The van der Waals surface area contributed by atoms with Crippen LogP contribution in [-0.2, 0) is 0 Å². The molecule has 6 heteroatoms. The topological polar surface area (TPSA) is 42.0 Å². The molecule has 0 atom stereocenters. The number of amides is 1. The van der Waals surface area contributed by atoms with Crippen LogP contribution in [0.2, 0.25) is 0 Å². The lowest BCUT2D eigenvalue weighted by Gasteiger charge is -2.05. The summed E-state index contributed by atoms with van der Waals surface area (Å²) in [5, 5.41) is 2.31. The third-order valence-electron chi connectivity index (χ3n) is 2.17. The minimum atomic E-state index is -1.06. The summed E-state index contributed by atoms with van der Waals surface area (Å²) < 4.78 is 26.6. The molecule has 0 aliphatic heterocycles. The highest BCUT2D eigenvalue weighted by Gasteiger charge is 2.10. The van der Waals surface area contributed by atoms with Crippen molar-refractivity contribution in [3.8, 4) is 0 Å². The van der Waals surface area contributed by atoms with Gasteiger partial charge in [0.2, 0.25) is 11.9 Å². The maximum absolute atomic E-state index is 13.2. The number of anilines is 1. The number of halogens is 3. The van der Waals surface area contributed by atoms with Gasteiger partial charge < -0.3 is 5.32 Å². The third kappa shape index (κ3) is 2.89. The molecule has 1 aromatic carbocycles. The van der Waals surface area contributed by atoms with Gasteiger partial charge >= 0.3 is 0 Å². The van der Waals surface area contributed by atoms with Crippen molar-refractivity contribution >= 4 is 27.5 Å². The standard InChI is InChI=1S/C12H7BrF2N2O/c13-8-3-1-7(2-4-8)12(18)16-9-5-6-10(14)17-11(9)15/h1-6H,(H,16,18). The van der Waals surface area contributed by atoms with Crippen LogP contribution in [0, 0.1) is 11.9 Å². The number of nitrogens with zero attached hydrogens (tertiary/aromatic N) is 1. The van der Waals surface area contributed by atoms with Gasteiger partial charge in [-0.3, -0.25) is 4.79 Å². The molecule has 0 saturated carbocycles. The Bertz CT molecular complexity index is 587. The summed E-state index contributed by atoms with van der Waals surface area (Å²) in [6.45, 7) is 0.